The van der Waals surface area contributed by atoms with Crippen LogP contribution in [0.3, 0.4) is 0 Å². The van der Waals surface area contributed by atoms with Gasteiger partial charge in [-0.3, -0.25) is 25.0 Å². The molecule has 0 aliphatic rings. The van der Waals surface area contributed by atoms with Gasteiger partial charge in [-0.1, -0.05) is 0 Å². The molecule has 130 valence electrons. The second-order valence-electron chi connectivity index (χ2n) is 4.39. The molecular weight excluding hydrogens is 404 g/mol. The Kier molecular flexibility index (Phi) is 5.79. The monoisotopic (exact) mass is 412 g/mol. The van der Waals surface area contributed by atoms with E-state index in [-0.39, 0.29) is 17.2 Å². The minimum Gasteiger partial charge on any atom is -0.483 e. The highest BCUT2D eigenvalue weighted by Gasteiger charge is 2.12. The van der Waals surface area contributed by atoms with E-state index in [9.17, 15) is 25.0 Å². The maximum Gasteiger partial charge on any atom is 0.433 e. The fraction of sp³-hybridized carbons (Fsp3) is 0.0769. The summed E-state index contributed by atoms with van der Waals surface area (Å²) in [5, 5.41) is 24.6. The molecule has 0 fully saturated rings. The highest BCUT2D eigenvalue weighted by Crippen LogP contribution is 2.28. The normalized spacial score (nSPS) is 10.6. The van der Waals surface area contributed by atoms with Gasteiger partial charge in [-0.2, -0.15) is 5.10 Å². The molecule has 0 aliphatic heterocycles. The lowest BCUT2D eigenvalue weighted by atomic mass is 10.3. The van der Waals surface area contributed by atoms with Crippen LogP contribution in [0.4, 0.5) is 11.6 Å². The van der Waals surface area contributed by atoms with Crippen LogP contribution in [0, 0.1) is 20.2 Å². The molecule has 0 bridgehead atoms. The van der Waals surface area contributed by atoms with Crippen LogP contribution in [0.1, 0.15) is 5.76 Å². The first kappa shape index (κ1) is 18.1. The van der Waals surface area contributed by atoms with Gasteiger partial charge in [-0.15, -0.1) is 0 Å². The van der Waals surface area contributed by atoms with Crippen molar-refractivity contribution in [2.75, 3.05) is 6.61 Å². The van der Waals surface area contributed by atoms with Crippen LogP contribution >= 0.6 is 15.9 Å². The average Bonchev–Trinajstić information content (AvgIpc) is 3.02. The van der Waals surface area contributed by atoms with Crippen LogP contribution in [0.2, 0.25) is 0 Å². The summed E-state index contributed by atoms with van der Waals surface area (Å²) in [6, 6.07) is 6.30. The Labute approximate surface area is 147 Å². The van der Waals surface area contributed by atoms with E-state index in [0.29, 0.717) is 4.47 Å². The van der Waals surface area contributed by atoms with Crippen molar-refractivity contribution < 1.29 is 23.8 Å². The maximum atomic E-state index is 11.6. The number of non-ortho nitro benzene ring substituents is 1. The topological polar surface area (TPSA) is 150 Å². The van der Waals surface area contributed by atoms with Crippen molar-refractivity contribution in [3.63, 3.8) is 0 Å². The zero-order chi connectivity index (χ0) is 18.4. The summed E-state index contributed by atoms with van der Waals surface area (Å²) >= 11 is 3.10. The number of nitro benzene ring substituents is 1. The number of nitrogens with zero attached hydrogens (tertiary/aromatic N) is 3. The fourth-order valence-corrected chi connectivity index (χ4v) is 2.05. The number of benzene rings is 1. The standard InChI is InChI=1S/C13H9BrN4O7/c14-10-5-8(17(20)21)1-3-11(10)24-7-12(19)16-15-6-9-2-4-13(25-9)18(22)23/h1-6H,7H2,(H,16,19). The van der Waals surface area contributed by atoms with Crippen molar-refractivity contribution in [2.45, 2.75) is 0 Å². The molecule has 2 rings (SSSR count). The Bertz CT molecular complexity index is 849. The fourth-order valence-electron chi connectivity index (χ4n) is 1.57. The molecule has 0 atom stereocenters. The molecule has 0 saturated heterocycles. The smallest absolute Gasteiger partial charge is 0.433 e. The lowest BCUT2D eigenvalue weighted by Gasteiger charge is -2.06. The first-order valence-corrected chi connectivity index (χ1v) is 7.29. The average molecular weight is 413 g/mol. The third-order valence-corrected chi connectivity index (χ3v) is 3.28. The molecular formula is C13H9BrN4O7. The highest BCUT2D eigenvalue weighted by atomic mass is 79.9. The number of hydrazone groups is 1. The van der Waals surface area contributed by atoms with Crippen LogP contribution in [0.15, 0.2) is 44.3 Å². The summed E-state index contributed by atoms with van der Waals surface area (Å²) in [6.45, 7) is -0.397. The van der Waals surface area contributed by atoms with E-state index in [0.717, 1.165) is 12.3 Å². The lowest BCUT2D eigenvalue weighted by Crippen LogP contribution is -2.24. The lowest BCUT2D eigenvalue weighted by molar-refractivity contribution is -0.402. The highest BCUT2D eigenvalue weighted by molar-refractivity contribution is 9.10. The molecule has 12 heteroatoms. The molecule has 11 nitrogen and oxygen atoms in total. The molecule has 0 spiro atoms. The quantitative estimate of drug-likeness (QED) is 0.416. The molecule has 0 unspecified atom stereocenters. The van der Waals surface area contributed by atoms with Crippen LogP contribution in [0.5, 0.6) is 5.75 Å². The minimum absolute atomic E-state index is 0.0889. The van der Waals surface area contributed by atoms with E-state index >= 15 is 0 Å². The molecule has 1 heterocycles. The van der Waals surface area contributed by atoms with Gasteiger partial charge < -0.3 is 9.15 Å². The maximum absolute atomic E-state index is 11.6. The molecule has 1 aromatic carbocycles. The third-order valence-electron chi connectivity index (χ3n) is 2.66. The van der Waals surface area contributed by atoms with Crippen molar-refractivity contribution >= 4 is 39.6 Å². The van der Waals surface area contributed by atoms with Gasteiger partial charge in [-0.25, -0.2) is 5.43 Å². The molecule has 0 radical (unpaired) electrons. The van der Waals surface area contributed by atoms with E-state index in [2.05, 4.69) is 26.5 Å². The minimum atomic E-state index is -0.703. The van der Waals surface area contributed by atoms with Gasteiger partial charge in [-0.05, 0) is 28.1 Å². The molecule has 1 aromatic heterocycles. The number of halogens is 1. The number of hydrogen-bond acceptors (Lipinski definition) is 8. The molecule has 0 aliphatic carbocycles. The molecule has 1 amide bonds. The Hall–Kier alpha value is -3.28. The van der Waals surface area contributed by atoms with Crippen LogP contribution < -0.4 is 10.2 Å². The first-order valence-electron chi connectivity index (χ1n) is 6.49. The number of hydrogen-bond donors (Lipinski definition) is 1. The van der Waals surface area contributed by atoms with E-state index in [1.807, 2.05) is 0 Å². The Morgan fingerprint density at radius 1 is 1.28 bits per heavy atom. The number of furan rings is 1. The zero-order valence-corrected chi connectivity index (χ0v) is 13.8. The van der Waals surface area contributed by atoms with Gasteiger partial charge in [0.05, 0.1) is 21.7 Å². The van der Waals surface area contributed by atoms with Gasteiger partial charge in [0.25, 0.3) is 11.6 Å². The Morgan fingerprint density at radius 2 is 2.04 bits per heavy atom. The molecule has 0 saturated carbocycles. The number of ether oxygens (including phenoxy) is 1. The van der Waals surface area contributed by atoms with Crippen molar-refractivity contribution in [1.82, 2.24) is 5.43 Å². The number of carbonyl (C=O) groups excluding carboxylic acids is 1. The van der Waals surface area contributed by atoms with Crippen molar-refractivity contribution in [3.05, 3.63) is 60.8 Å². The van der Waals surface area contributed by atoms with E-state index < -0.39 is 28.2 Å². The molecule has 1 N–H and O–H groups in total. The summed E-state index contributed by atoms with van der Waals surface area (Å²) < 4.78 is 10.3. The van der Waals surface area contributed by atoms with Crippen LogP contribution in [-0.2, 0) is 4.79 Å². The number of nitrogens with one attached hydrogen (secondary N) is 1. The first-order chi connectivity index (χ1) is 11.9. The predicted octanol–water partition coefficient (Wildman–Crippen LogP) is 2.39. The summed E-state index contributed by atoms with van der Waals surface area (Å²) in [5.41, 5.74) is 2.02. The SMILES string of the molecule is O=C(COc1ccc([N+](=O)[O-])cc1Br)NN=Cc1ccc([N+](=O)[O-])o1. The molecule has 2 aromatic rings. The van der Waals surface area contributed by atoms with Gasteiger partial charge in [0, 0.05) is 12.1 Å². The number of nitro groups is 2. The second-order valence-corrected chi connectivity index (χ2v) is 5.24. The predicted molar refractivity (Wildman–Crippen MR) is 87.4 cm³/mol. The van der Waals surface area contributed by atoms with Gasteiger partial charge >= 0.3 is 5.88 Å². The van der Waals surface area contributed by atoms with Crippen molar-refractivity contribution in [3.8, 4) is 5.75 Å². The largest absolute Gasteiger partial charge is 0.483 e. The van der Waals surface area contributed by atoms with E-state index in [1.165, 1.54) is 24.3 Å². The Morgan fingerprint density at radius 3 is 2.64 bits per heavy atom. The Balaban J connectivity index is 1.85. The number of amides is 1. The summed E-state index contributed by atoms with van der Waals surface area (Å²) in [6.07, 6.45) is 1.09. The van der Waals surface area contributed by atoms with Gasteiger partial charge in [0.1, 0.15) is 10.7 Å². The van der Waals surface area contributed by atoms with Gasteiger partial charge in [0.15, 0.2) is 12.4 Å². The summed E-state index contributed by atoms with van der Waals surface area (Å²) in [5.74, 6) is -0.723. The zero-order valence-electron chi connectivity index (χ0n) is 12.2. The molecule has 25 heavy (non-hydrogen) atoms. The summed E-state index contributed by atoms with van der Waals surface area (Å²) in [7, 11) is 0. The second kappa shape index (κ2) is 8.01. The third kappa shape index (κ3) is 5.10. The summed E-state index contributed by atoms with van der Waals surface area (Å²) in [4.78, 5) is 31.4. The van der Waals surface area contributed by atoms with Crippen molar-refractivity contribution in [2.24, 2.45) is 5.10 Å². The van der Waals surface area contributed by atoms with E-state index in [4.69, 9.17) is 9.15 Å². The van der Waals surface area contributed by atoms with Crippen molar-refractivity contribution in [1.29, 1.82) is 0 Å². The number of rotatable bonds is 7. The van der Waals surface area contributed by atoms with Crippen LogP contribution in [-0.4, -0.2) is 28.6 Å². The number of carbonyl (C=O) groups is 1. The van der Waals surface area contributed by atoms with Gasteiger partial charge in [0.2, 0.25) is 0 Å². The van der Waals surface area contributed by atoms with Crippen LogP contribution in [0.25, 0.3) is 0 Å². The van der Waals surface area contributed by atoms with E-state index in [1.54, 1.807) is 0 Å².